The summed E-state index contributed by atoms with van der Waals surface area (Å²) in [6, 6.07) is 16.7. The number of nitrogens with zero attached hydrogens (tertiary/aromatic N) is 4. The van der Waals surface area contributed by atoms with Crippen LogP contribution in [0.5, 0.6) is 0 Å². The Morgan fingerprint density at radius 2 is 1.93 bits per heavy atom. The van der Waals surface area contributed by atoms with Gasteiger partial charge in [-0.25, -0.2) is 0 Å². The molecule has 3 aromatic rings. The lowest BCUT2D eigenvalue weighted by molar-refractivity contribution is -0.118. The van der Waals surface area contributed by atoms with Crippen molar-refractivity contribution in [2.45, 2.75) is 39.9 Å². The molecule has 1 N–H and O–H groups in total. The van der Waals surface area contributed by atoms with Crippen molar-refractivity contribution in [2.75, 3.05) is 18.4 Å². The molecular formula is C24H27N5O. The second-order valence-corrected chi connectivity index (χ2v) is 7.94. The Labute approximate surface area is 177 Å². The van der Waals surface area contributed by atoms with E-state index in [1.165, 1.54) is 5.69 Å². The maximum absolute atomic E-state index is 13.0. The normalized spacial score (nSPS) is 16.1. The smallest absolute Gasteiger partial charge is 0.239 e. The van der Waals surface area contributed by atoms with Gasteiger partial charge in [0, 0.05) is 43.3 Å². The highest BCUT2D eigenvalue weighted by atomic mass is 16.2. The second-order valence-electron chi connectivity index (χ2n) is 7.94. The topological polar surface area (TPSA) is 66.0 Å². The highest BCUT2D eigenvalue weighted by Crippen LogP contribution is 2.28. The molecule has 1 aromatic carbocycles. The average Bonchev–Trinajstić information content (AvgIpc) is 3.31. The Balaban J connectivity index is 1.56. The quantitative estimate of drug-likeness (QED) is 0.706. The summed E-state index contributed by atoms with van der Waals surface area (Å²) in [7, 11) is 0. The molecule has 1 amide bonds. The number of carbonyl (C=O) groups excluding carboxylic acids is 1. The number of hydrogen-bond acceptors (Lipinski definition) is 3. The molecule has 1 atom stereocenters. The fourth-order valence-electron chi connectivity index (χ4n) is 4.29. The lowest BCUT2D eigenvalue weighted by atomic mass is 10.1. The summed E-state index contributed by atoms with van der Waals surface area (Å²) in [6.45, 7) is 8.67. The SMILES string of the molecule is Cc1c(C#N)c(NC(=O)CN2CCn3cccc3[C@H]2C)n(Cc2ccccc2)c1C. The van der Waals surface area contributed by atoms with Crippen molar-refractivity contribution < 1.29 is 4.79 Å². The molecule has 0 fully saturated rings. The maximum Gasteiger partial charge on any atom is 0.239 e. The molecule has 0 bridgehead atoms. The van der Waals surface area contributed by atoms with Crippen molar-refractivity contribution in [2.24, 2.45) is 0 Å². The first-order valence-electron chi connectivity index (χ1n) is 10.3. The highest BCUT2D eigenvalue weighted by molar-refractivity contribution is 5.93. The van der Waals surface area contributed by atoms with Crippen LogP contribution < -0.4 is 5.32 Å². The van der Waals surface area contributed by atoms with E-state index in [-0.39, 0.29) is 11.9 Å². The van der Waals surface area contributed by atoms with Gasteiger partial charge in [-0.1, -0.05) is 30.3 Å². The van der Waals surface area contributed by atoms with Crippen LogP contribution in [0.1, 0.15) is 41.0 Å². The molecule has 30 heavy (non-hydrogen) atoms. The van der Waals surface area contributed by atoms with E-state index in [2.05, 4.69) is 58.2 Å². The number of amides is 1. The Morgan fingerprint density at radius 1 is 1.17 bits per heavy atom. The first kappa shape index (κ1) is 20.0. The van der Waals surface area contributed by atoms with Gasteiger partial charge in [-0.3, -0.25) is 9.69 Å². The van der Waals surface area contributed by atoms with Crippen molar-refractivity contribution >= 4 is 11.7 Å². The predicted octanol–water partition coefficient (Wildman–Crippen LogP) is 3.84. The van der Waals surface area contributed by atoms with E-state index in [1.54, 1.807) is 0 Å². The lowest BCUT2D eigenvalue weighted by Crippen LogP contribution is -2.41. The van der Waals surface area contributed by atoms with Crippen molar-refractivity contribution in [3.8, 4) is 6.07 Å². The molecule has 1 aliphatic rings. The summed E-state index contributed by atoms with van der Waals surface area (Å²) in [4.78, 5) is 15.2. The second kappa shape index (κ2) is 8.21. The standard InChI is InChI=1S/C24H27N5O/c1-17-18(2)29(15-20-8-5-4-6-9-20)24(21(17)14-25)26-23(30)16-28-13-12-27-11-7-10-22(27)19(28)3/h4-11,19H,12-13,15-16H2,1-3H3,(H,26,30)/t19-/m1/s1. The molecule has 0 saturated heterocycles. The number of benzene rings is 1. The van der Waals surface area contributed by atoms with E-state index >= 15 is 0 Å². The number of nitrogens with one attached hydrogen (secondary N) is 1. The zero-order valence-electron chi connectivity index (χ0n) is 17.7. The van der Waals surface area contributed by atoms with Crippen molar-refractivity contribution in [3.05, 3.63) is 76.7 Å². The third kappa shape index (κ3) is 3.64. The van der Waals surface area contributed by atoms with E-state index in [1.807, 2.05) is 36.6 Å². The predicted molar refractivity (Wildman–Crippen MR) is 117 cm³/mol. The van der Waals surface area contributed by atoms with Gasteiger partial charge in [-0.05, 0) is 44.0 Å². The summed E-state index contributed by atoms with van der Waals surface area (Å²) < 4.78 is 4.27. The summed E-state index contributed by atoms with van der Waals surface area (Å²) in [6.07, 6.45) is 2.09. The fraction of sp³-hybridized carbons (Fsp3) is 0.333. The van der Waals surface area contributed by atoms with Crippen LogP contribution in [0, 0.1) is 25.2 Å². The number of anilines is 1. The number of aromatic nitrogens is 2. The monoisotopic (exact) mass is 401 g/mol. The van der Waals surface area contributed by atoms with Crippen LogP contribution in [0.3, 0.4) is 0 Å². The number of fused-ring (bicyclic) bond motifs is 1. The van der Waals surface area contributed by atoms with Crippen LogP contribution in [0.2, 0.25) is 0 Å². The molecular weight excluding hydrogens is 374 g/mol. The first-order chi connectivity index (χ1) is 14.5. The van der Waals surface area contributed by atoms with Crippen molar-refractivity contribution in [1.82, 2.24) is 14.0 Å². The Bertz CT molecular complexity index is 1100. The molecule has 0 spiro atoms. The molecule has 154 valence electrons. The van der Waals surface area contributed by atoms with Crippen molar-refractivity contribution in [1.29, 1.82) is 5.26 Å². The first-order valence-corrected chi connectivity index (χ1v) is 10.3. The summed E-state index contributed by atoms with van der Waals surface area (Å²) in [5.41, 5.74) is 4.80. The molecule has 4 rings (SSSR count). The third-order valence-electron chi connectivity index (χ3n) is 6.20. The summed E-state index contributed by atoms with van der Waals surface area (Å²) in [5.74, 6) is 0.500. The largest absolute Gasteiger partial charge is 0.349 e. The van der Waals surface area contributed by atoms with Crippen LogP contribution in [-0.4, -0.2) is 33.0 Å². The zero-order valence-corrected chi connectivity index (χ0v) is 17.7. The van der Waals surface area contributed by atoms with E-state index in [9.17, 15) is 10.1 Å². The van der Waals surface area contributed by atoms with Gasteiger partial charge in [0.1, 0.15) is 11.9 Å². The van der Waals surface area contributed by atoms with Gasteiger partial charge >= 0.3 is 0 Å². The molecule has 3 heterocycles. The maximum atomic E-state index is 13.0. The molecule has 0 aliphatic carbocycles. The Kier molecular flexibility index (Phi) is 5.47. The van der Waals surface area contributed by atoms with Gasteiger partial charge in [0.25, 0.3) is 0 Å². The van der Waals surface area contributed by atoms with E-state index in [0.29, 0.717) is 24.5 Å². The number of carbonyl (C=O) groups is 1. The number of rotatable bonds is 5. The summed E-state index contributed by atoms with van der Waals surface area (Å²) >= 11 is 0. The minimum atomic E-state index is -0.0924. The van der Waals surface area contributed by atoms with Gasteiger partial charge in [0.15, 0.2) is 0 Å². The van der Waals surface area contributed by atoms with E-state index in [4.69, 9.17) is 0 Å². The fourth-order valence-corrected chi connectivity index (χ4v) is 4.29. The van der Waals surface area contributed by atoms with Crippen LogP contribution in [-0.2, 0) is 17.9 Å². The van der Waals surface area contributed by atoms with Crippen LogP contribution in [0.25, 0.3) is 0 Å². The minimum Gasteiger partial charge on any atom is -0.349 e. The van der Waals surface area contributed by atoms with Crippen LogP contribution in [0.15, 0.2) is 48.7 Å². The van der Waals surface area contributed by atoms with Crippen LogP contribution in [0.4, 0.5) is 5.82 Å². The Hall–Kier alpha value is -3.30. The lowest BCUT2D eigenvalue weighted by Gasteiger charge is -2.34. The minimum absolute atomic E-state index is 0.0924. The van der Waals surface area contributed by atoms with Crippen LogP contribution >= 0.6 is 0 Å². The molecule has 2 aromatic heterocycles. The van der Waals surface area contributed by atoms with Gasteiger partial charge in [0.05, 0.1) is 12.1 Å². The van der Waals surface area contributed by atoms with Gasteiger partial charge in [0.2, 0.25) is 5.91 Å². The van der Waals surface area contributed by atoms with Gasteiger partial charge < -0.3 is 14.5 Å². The molecule has 0 unspecified atom stereocenters. The van der Waals surface area contributed by atoms with E-state index in [0.717, 1.165) is 29.9 Å². The Morgan fingerprint density at radius 3 is 2.67 bits per heavy atom. The molecule has 1 aliphatic heterocycles. The average molecular weight is 402 g/mol. The summed E-state index contributed by atoms with van der Waals surface area (Å²) in [5, 5.41) is 12.8. The third-order valence-corrected chi connectivity index (χ3v) is 6.20. The highest BCUT2D eigenvalue weighted by Gasteiger charge is 2.26. The molecule has 6 nitrogen and oxygen atoms in total. The van der Waals surface area contributed by atoms with Gasteiger partial charge in [-0.15, -0.1) is 0 Å². The molecule has 0 radical (unpaired) electrons. The van der Waals surface area contributed by atoms with Crippen molar-refractivity contribution in [3.63, 3.8) is 0 Å². The molecule has 0 saturated carbocycles. The number of nitriles is 1. The zero-order chi connectivity index (χ0) is 21.3. The van der Waals surface area contributed by atoms with Gasteiger partial charge in [-0.2, -0.15) is 5.26 Å². The number of hydrogen-bond donors (Lipinski definition) is 1. The molecule has 6 heteroatoms. The van der Waals surface area contributed by atoms with E-state index < -0.39 is 0 Å².